The third-order valence-corrected chi connectivity index (χ3v) is 5.42. The van der Waals surface area contributed by atoms with E-state index in [0.29, 0.717) is 32.0 Å². The van der Waals surface area contributed by atoms with Gasteiger partial charge in [0.25, 0.3) is 5.91 Å². The summed E-state index contributed by atoms with van der Waals surface area (Å²) in [4.78, 5) is 27.1. The second-order valence-corrected chi connectivity index (χ2v) is 6.95. The quantitative estimate of drug-likeness (QED) is 0.745. The van der Waals surface area contributed by atoms with Crippen LogP contribution < -0.4 is 0 Å². The van der Waals surface area contributed by atoms with Crippen LogP contribution in [0.25, 0.3) is 11.3 Å². The number of aromatic nitrogens is 2. The largest absolute Gasteiger partial charge is 0.468 e. The summed E-state index contributed by atoms with van der Waals surface area (Å²) in [6, 6.07) is 11.5. The molecule has 144 valence electrons. The zero-order valence-corrected chi connectivity index (χ0v) is 16.1. The van der Waals surface area contributed by atoms with Crippen LogP contribution >= 0.6 is 12.4 Å². The highest BCUT2D eigenvalue weighted by Gasteiger charge is 2.57. The van der Waals surface area contributed by atoms with Gasteiger partial charge in [-0.1, -0.05) is 30.3 Å². The summed E-state index contributed by atoms with van der Waals surface area (Å²) in [6.45, 7) is 1.57. The van der Waals surface area contributed by atoms with Crippen molar-refractivity contribution in [2.24, 2.45) is 18.4 Å². The molecule has 0 unspecified atom stereocenters. The van der Waals surface area contributed by atoms with Crippen LogP contribution in [-0.4, -0.2) is 60.0 Å². The number of benzene rings is 1. The molecule has 2 aliphatic rings. The Morgan fingerprint density at radius 2 is 2.04 bits per heavy atom. The number of fused-ring (bicyclic) bond motifs is 1. The number of likely N-dealkylation sites (tertiary alicyclic amines) is 1. The first-order chi connectivity index (χ1) is 12.5. The SMILES string of the molecule is COC(=O)[C@@]12COC[C@@H]1CN(C(=O)c1cc(-c3ccccc3)nn1C)C2.Cl. The highest BCUT2D eigenvalue weighted by Crippen LogP contribution is 2.42. The number of nitrogens with zero attached hydrogens (tertiary/aromatic N) is 3. The molecule has 1 aromatic carbocycles. The minimum atomic E-state index is -0.745. The number of amides is 1. The predicted octanol–water partition coefficient (Wildman–Crippen LogP) is 1.77. The van der Waals surface area contributed by atoms with E-state index in [-0.39, 0.29) is 30.2 Å². The van der Waals surface area contributed by atoms with Crippen molar-refractivity contribution in [1.82, 2.24) is 14.7 Å². The molecule has 0 N–H and O–H groups in total. The molecule has 3 heterocycles. The Morgan fingerprint density at radius 1 is 1.30 bits per heavy atom. The van der Waals surface area contributed by atoms with E-state index in [9.17, 15) is 9.59 Å². The molecule has 27 heavy (non-hydrogen) atoms. The fourth-order valence-corrected chi connectivity index (χ4v) is 3.96. The minimum Gasteiger partial charge on any atom is -0.468 e. The predicted molar refractivity (Wildman–Crippen MR) is 101 cm³/mol. The van der Waals surface area contributed by atoms with Gasteiger partial charge in [-0.25, -0.2) is 0 Å². The maximum absolute atomic E-state index is 13.1. The molecule has 2 aromatic rings. The highest BCUT2D eigenvalue weighted by molar-refractivity contribution is 5.95. The van der Waals surface area contributed by atoms with Crippen molar-refractivity contribution in [3.63, 3.8) is 0 Å². The molecule has 2 fully saturated rings. The van der Waals surface area contributed by atoms with Crippen LogP contribution in [0.3, 0.4) is 0 Å². The average molecular weight is 392 g/mol. The molecule has 0 spiro atoms. The molecular weight excluding hydrogens is 370 g/mol. The lowest BCUT2D eigenvalue weighted by Gasteiger charge is -2.23. The van der Waals surface area contributed by atoms with Gasteiger partial charge in [-0.2, -0.15) is 5.10 Å². The lowest BCUT2D eigenvalue weighted by atomic mass is 9.81. The van der Waals surface area contributed by atoms with E-state index in [2.05, 4.69) is 5.10 Å². The number of halogens is 1. The zero-order chi connectivity index (χ0) is 18.3. The van der Waals surface area contributed by atoms with E-state index < -0.39 is 5.41 Å². The lowest BCUT2D eigenvalue weighted by Crippen LogP contribution is -2.41. The van der Waals surface area contributed by atoms with Crippen LogP contribution in [-0.2, 0) is 21.3 Å². The number of carbonyl (C=O) groups is 2. The molecule has 0 bridgehead atoms. The second-order valence-electron chi connectivity index (χ2n) is 6.95. The van der Waals surface area contributed by atoms with E-state index in [4.69, 9.17) is 9.47 Å². The Hall–Kier alpha value is -2.38. The summed E-state index contributed by atoms with van der Waals surface area (Å²) >= 11 is 0. The monoisotopic (exact) mass is 391 g/mol. The molecule has 7 nitrogen and oxygen atoms in total. The molecule has 2 saturated heterocycles. The van der Waals surface area contributed by atoms with Crippen LogP contribution in [0.1, 0.15) is 10.5 Å². The third-order valence-electron chi connectivity index (χ3n) is 5.42. The van der Waals surface area contributed by atoms with Crippen molar-refractivity contribution < 1.29 is 19.1 Å². The van der Waals surface area contributed by atoms with Crippen LogP contribution in [0.2, 0.25) is 0 Å². The zero-order valence-electron chi connectivity index (χ0n) is 15.3. The van der Waals surface area contributed by atoms with E-state index in [1.165, 1.54) is 7.11 Å². The Balaban J connectivity index is 0.00000210. The van der Waals surface area contributed by atoms with Crippen molar-refractivity contribution in [1.29, 1.82) is 0 Å². The number of methoxy groups -OCH3 is 1. The Labute approximate surface area is 163 Å². The van der Waals surface area contributed by atoms with Gasteiger partial charge in [0, 0.05) is 31.6 Å². The van der Waals surface area contributed by atoms with Crippen molar-refractivity contribution in [3.05, 3.63) is 42.1 Å². The molecule has 2 aliphatic heterocycles. The molecule has 1 amide bonds. The number of carbonyl (C=O) groups excluding carboxylic acids is 2. The first kappa shape index (κ1) is 19.4. The molecule has 2 atom stereocenters. The van der Waals surface area contributed by atoms with Gasteiger partial charge in [-0.15, -0.1) is 12.4 Å². The minimum absolute atomic E-state index is 0. The van der Waals surface area contributed by atoms with Gasteiger partial charge in [0.1, 0.15) is 11.1 Å². The maximum atomic E-state index is 13.1. The van der Waals surface area contributed by atoms with Gasteiger partial charge >= 0.3 is 5.97 Å². The summed E-state index contributed by atoms with van der Waals surface area (Å²) in [7, 11) is 3.14. The second kappa shape index (κ2) is 7.32. The van der Waals surface area contributed by atoms with Crippen molar-refractivity contribution >= 4 is 24.3 Å². The lowest BCUT2D eigenvalue weighted by molar-refractivity contribution is -0.153. The number of esters is 1. The summed E-state index contributed by atoms with van der Waals surface area (Å²) in [5, 5.41) is 4.47. The summed E-state index contributed by atoms with van der Waals surface area (Å²) in [6.07, 6.45) is 0. The Bertz CT molecular complexity index is 854. The Morgan fingerprint density at radius 3 is 2.74 bits per heavy atom. The number of hydrogen-bond acceptors (Lipinski definition) is 5. The number of aryl methyl sites for hydroxylation is 1. The third kappa shape index (κ3) is 3.11. The van der Waals surface area contributed by atoms with Gasteiger partial charge in [-0.3, -0.25) is 14.3 Å². The van der Waals surface area contributed by atoms with E-state index in [1.807, 2.05) is 30.3 Å². The first-order valence-electron chi connectivity index (χ1n) is 8.60. The summed E-state index contributed by atoms with van der Waals surface area (Å²) < 4.78 is 12.1. The standard InChI is InChI=1S/C19H21N3O4.ClH/c1-21-16(8-15(20-21)13-6-4-3-5-7-13)17(23)22-9-14-10-26-12-19(14,11-22)18(24)25-2;/h3-8,14H,9-12H2,1-2H3;1H/t14-,19-;/m0./s1. The molecule has 0 radical (unpaired) electrons. The van der Waals surface area contributed by atoms with Crippen LogP contribution in [0.4, 0.5) is 0 Å². The molecular formula is C19H22ClN3O4. The van der Waals surface area contributed by atoms with Crippen LogP contribution in [0, 0.1) is 11.3 Å². The Kier molecular flexibility index (Phi) is 5.26. The van der Waals surface area contributed by atoms with Crippen molar-refractivity contribution in [2.75, 3.05) is 33.4 Å². The molecule has 1 aromatic heterocycles. The highest BCUT2D eigenvalue weighted by atomic mass is 35.5. The van der Waals surface area contributed by atoms with Gasteiger partial charge in [-0.05, 0) is 6.07 Å². The van der Waals surface area contributed by atoms with E-state index in [0.717, 1.165) is 11.3 Å². The van der Waals surface area contributed by atoms with Crippen LogP contribution in [0.15, 0.2) is 36.4 Å². The summed E-state index contributed by atoms with van der Waals surface area (Å²) in [5.41, 5.74) is 1.47. The van der Waals surface area contributed by atoms with Crippen LogP contribution in [0.5, 0.6) is 0 Å². The molecule has 0 saturated carbocycles. The normalized spacial score (nSPS) is 23.6. The number of hydrogen-bond donors (Lipinski definition) is 0. The maximum Gasteiger partial charge on any atom is 0.316 e. The van der Waals surface area contributed by atoms with Gasteiger partial charge in [0.2, 0.25) is 0 Å². The van der Waals surface area contributed by atoms with Gasteiger partial charge in [0.15, 0.2) is 0 Å². The number of rotatable bonds is 3. The summed E-state index contributed by atoms with van der Waals surface area (Å²) in [5.74, 6) is -0.453. The fourth-order valence-electron chi connectivity index (χ4n) is 3.96. The topological polar surface area (TPSA) is 73.7 Å². The van der Waals surface area contributed by atoms with Gasteiger partial charge < -0.3 is 14.4 Å². The first-order valence-corrected chi connectivity index (χ1v) is 8.60. The van der Waals surface area contributed by atoms with Gasteiger partial charge in [0.05, 0.1) is 26.0 Å². The smallest absolute Gasteiger partial charge is 0.316 e. The van der Waals surface area contributed by atoms with Crippen molar-refractivity contribution in [2.45, 2.75) is 0 Å². The molecule has 0 aliphatic carbocycles. The number of ether oxygens (including phenoxy) is 2. The fraction of sp³-hybridized carbons (Fsp3) is 0.421. The van der Waals surface area contributed by atoms with Crippen molar-refractivity contribution in [3.8, 4) is 11.3 Å². The van der Waals surface area contributed by atoms with E-state index in [1.54, 1.807) is 22.7 Å². The van der Waals surface area contributed by atoms with E-state index >= 15 is 0 Å². The molecule has 4 rings (SSSR count). The molecule has 8 heteroatoms. The average Bonchev–Trinajstić information content (AvgIpc) is 3.33.